The molecule has 0 N–H and O–H groups in total. The van der Waals surface area contributed by atoms with E-state index in [0.29, 0.717) is 10.8 Å². The number of nitrogens with zero attached hydrogens (tertiary/aromatic N) is 4. The minimum Gasteiger partial charge on any atom is -0.266 e. The van der Waals surface area contributed by atoms with Gasteiger partial charge in [-0.25, -0.2) is 9.97 Å². The van der Waals surface area contributed by atoms with Crippen molar-refractivity contribution in [2.75, 3.05) is 0 Å². The Morgan fingerprint density at radius 2 is 2.07 bits per heavy atom. The molecule has 2 rings (SSSR count). The van der Waals surface area contributed by atoms with Crippen LogP contribution in [-0.2, 0) is 7.05 Å². The first-order chi connectivity index (χ1) is 6.66. The molecule has 0 saturated carbocycles. The summed E-state index contributed by atoms with van der Waals surface area (Å²) in [6, 6.07) is 3.47. The van der Waals surface area contributed by atoms with Crippen LogP contribution in [0.5, 0.6) is 0 Å². The van der Waals surface area contributed by atoms with E-state index in [0.717, 1.165) is 5.69 Å². The van der Waals surface area contributed by atoms with Crippen LogP contribution in [0.15, 0.2) is 18.3 Å². The molecule has 0 aliphatic rings. The van der Waals surface area contributed by atoms with Crippen LogP contribution in [0.4, 0.5) is 0 Å². The third-order valence-electron chi connectivity index (χ3n) is 1.75. The molecule has 0 aliphatic heterocycles. The summed E-state index contributed by atoms with van der Waals surface area (Å²) in [5, 5.41) is 4.48. The average Bonchev–Trinajstić information content (AvgIpc) is 2.49. The van der Waals surface area contributed by atoms with Crippen LogP contribution in [0.2, 0.25) is 10.4 Å². The number of aryl methyl sites for hydroxylation is 1. The molecule has 6 heteroatoms. The lowest BCUT2D eigenvalue weighted by Crippen LogP contribution is -1.96. The molecule has 4 nitrogen and oxygen atoms in total. The maximum atomic E-state index is 5.75. The molecule has 72 valence electrons. The molecular weight excluding hydrogens is 223 g/mol. The van der Waals surface area contributed by atoms with Gasteiger partial charge in [-0.05, 0) is 17.7 Å². The van der Waals surface area contributed by atoms with Gasteiger partial charge in [0.25, 0.3) is 0 Å². The lowest BCUT2D eigenvalue weighted by Gasteiger charge is -2.01. The second-order valence-electron chi connectivity index (χ2n) is 2.68. The van der Waals surface area contributed by atoms with Gasteiger partial charge in [0, 0.05) is 19.3 Å². The molecule has 0 radical (unpaired) electrons. The van der Waals surface area contributed by atoms with Gasteiger partial charge in [0.1, 0.15) is 5.15 Å². The van der Waals surface area contributed by atoms with Crippen molar-refractivity contribution in [3.05, 3.63) is 28.8 Å². The first kappa shape index (κ1) is 9.43. The fraction of sp³-hybridized carbons (Fsp3) is 0.125. The van der Waals surface area contributed by atoms with E-state index in [1.54, 1.807) is 16.9 Å². The van der Waals surface area contributed by atoms with Gasteiger partial charge >= 0.3 is 0 Å². The van der Waals surface area contributed by atoms with Crippen LogP contribution in [0.25, 0.3) is 11.4 Å². The molecule has 0 fully saturated rings. The predicted octanol–water partition coefficient (Wildman–Crippen LogP) is 2.18. The first-order valence-electron chi connectivity index (χ1n) is 3.85. The molecule has 0 spiro atoms. The van der Waals surface area contributed by atoms with Crippen molar-refractivity contribution in [2.45, 2.75) is 0 Å². The predicted molar refractivity (Wildman–Crippen MR) is 54.3 cm³/mol. The fourth-order valence-electron chi connectivity index (χ4n) is 1.15. The molecule has 2 aromatic rings. The third kappa shape index (κ3) is 1.71. The number of rotatable bonds is 1. The quantitative estimate of drug-likeness (QED) is 0.556. The zero-order valence-corrected chi connectivity index (χ0v) is 8.79. The van der Waals surface area contributed by atoms with Crippen molar-refractivity contribution in [1.82, 2.24) is 19.7 Å². The Hall–Kier alpha value is -1.13. The van der Waals surface area contributed by atoms with E-state index in [1.807, 2.05) is 13.1 Å². The first-order valence-corrected chi connectivity index (χ1v) is 4.61. The van der Waals surface area contributed by atoms with Crippen molar-refractivity contribution < 1.29 is 0 Å². The van der Waals surface area contributed by atoms with Gasteiger partial charge in [-0.1, -0.05) is 11.6 Å². The van der Waals surface area contributed by atoms with Crippen LogP contribution >= 0.6 is 23.2 Å². The Labute approximate surface area is 90.5 Å². The van der Waals surface area contributed by atoms with E-state index < -0.39 is 0 Å². The summed E-state index contributed by atoms with van der Waals surface area (Å²) in [5.74, 6) is 0. The van der Waals surface area contributed by atoms with E-state index in [2.05, 4.69) is 15.1 Å². The van der Waals surface area contributed by atoms with E-state index in [4.69, 9.17) is 23.2 Å². The summed E-state index contributed by atoms with van der Waals surface area (Å²) in [7, 11) is 1.82. The Morgan fingerprint density at radius 1 is 1.29 bits per heavy atom. The maximum Gasteiger partial charge on any atom is 0.224 e. The molecule has 0 saturated heterocycles. The van der Waals surface area contributed by atoms with Crippen LogP contribution in [0.3, 0.4) is 0 Å². The topological polar surface area (TPSA) is 43.6 Å². The number of halogens is 2. The molecule has 2 aromatic heterocycles. The summed E-state index contributed by atoms with van der Waals surface area (Å²) in [6.45, 7) is 0. The zero-order chi connectivity index (χ0) is 10.1. The standard InChI is InChI=1S/C8H6Cl2N4/c1-14-6(2-3-11-14)5-4-7(9)13-8(10)12-5/h2-4H,1H3. The van der Waals surface area contributed by atoms with Crippen molar-refractivity contribution in [2.24, 2.45) is 7.05 Å². The molecule has 0 bridgehead atoms. The van der Waals surface area contributed by atoms with Crippen LogP contribution < -0.4 is 0 Å². The second kappa shape index (κ2) is 3.55. The summed E-state index contributed by atoms with van der Waals surface area (Å²) >= 11 is 11.4. The monoisotopic (exact) mass is 228 g/mol. The highest BCUT2D eigenvalue weighted by atomic mass is 35.5. The van der Waals surface area contributed by atoms with E-state index >= 15 is 0 Å². The van der Waals surface area contributed by atoms with Crippen LogP contribution in [-0.4, -0.2) is 19.7 Å². The smallest absolute Gasteiger partial charge is 0.224 e. The summed E-state index contributed by atoms with van der Waals surface area (Å²) < 4.78 is 1.69. The molecule has 0 aromatic carbocycles. The van der Waals surface area contributed by atoms with Gasteiger partial charge < -0.3 is 0 Å². The van der Waals surface area contributed by atoms with Crippen LogP contribution in [0.1, 0.15) is 0 Å². The maximum absolute atomic E-state index is 5.75. The van der Waals surface area contributed by atoms with E-state index in [-0.39, 0.29) is 5.28 Å². The van der Waals surface area contributed by atoms with Gasteiger partial charge in [-0.2, -0.15) is 5.10 Å². The van der Waals surface area contributed by atoms with Gasteiger partial charge in [0.2, 0.25) is 5.28 Å². The van der Waals surface area contributed by atoms with Crippen molar-refractivity contribution in [1.29, 1.82) is 0 Å². The highest BCUT2D eigenvalue weighted by Gasteiger charge is 2.06. The van der Waals surface area contributed by atoms with Gasteiger partial charge in [-0.15, -0.1) is 0 Å². The molecule has 0 aliphatic carbocycles. The Bertz CT molecular complexity index is 446. The summed E-state index contributed by atoms with van der Waals surface area (Å²) in [4.78, 5) is 7.81. The summed E-state index contributed by atoms with van der Waals surface area (Å²) in [6.07, 6.45) is 1.68. The molecule has 0 atom stereocenters. The minimum atomic E-state index is 0.133. The SMILES string of the molecule is Cn1nccc1-c1cc(Cl)nc(Cl)n1. The fourth-order valence-corrected chi connectivity index (χ4v) is 1.56. The molecule has 0 amide bonds. The largest absolute Gasteiger partial charge is 0.266 e. The Morgan fingerprint density at radius 3 is 2.64 bits per heavy atom. The van der Waals surface area contributed by atoms with Crippen molar-refractivity contribution in [3.8, 4) is 11.4 Å². The van der Waals surface area contributed by atoms with Crippen molar-refractivity contribution >= 4 is 23.2 Å². The van der Waals surface area contributed by atoms with Gasteiger partial charge in [-0.3, -0.25) is 4.68 Å². The van der Waals surface area contributed by atoms with Crippen LogP contribution in [0, 0.1) is 0 Å². The zero-order valence-electron chi connectivity index (χ0n) is 7.28. The van der Waals surface area contributed by atoms with Gasteiger partial charge in [0.05, 0.1) is 11.4 Å². The lowest BCUT2D eigenvalue weighted by molar-refractivity contribution is 0.773. The third-order valence-corrected chi connectivity index (χ3v) is 2.11. The molecule has 2 heterocycles. The van der Waals surface area contributed by atoms with E-state index in [1.165, 1.54) is 0 Å². The summed E-state index contributed by atoms with van der Waals surface area (Å²) in [5.41, 5.74) is 1.51. The van der Waals surface area contributed by atoms with E-state index in [9.17, 15) is 0 Å². The Kier molecular flexibility index (Phi) is 2.39. The van der Waals surface area contributed by atoms with Crippen molar-refractivity contribution in [3.63, 3.8) is 0 Å². The second-order valence-corrected chi connectivity index (χ2v) is 3.41. The normalized spacial score (nSPS) is 10.5. The average molecular weight is 229 g/mol. The number of hydrogen-bond acceptors (Lipinski definition) is 3. The Balaban J connectivity index is 2.57. The highest BCUT2D eigenvalue weighted by Crippen LogP contribution is 2.20. The molecule has 0 unspecified atom stereocenters. The number of hydrogen-bond donors (Lipinski definition) is 0. The van der Waals surface area contributed by atoms with Gasteiger partial charge in [0.15, 0.2) is 0 Å². The lowest BCUT2D eigenvalue weighted by atomic mass is 10.3. The minimum absolute atomic E-state index is 0.133. The number of aromatic nitrogens is 4. The highest BCUT2D eigenvalue weighted by molar-refractivity contribution is 6.32. The molecule has 14 heavy (non-hydrogen) atoms. The molecular formula is C8H6Cl2N4.